The van der Waals surface area contributed by atoms with Gasteiger partial charge < -0.3 is 5.11 Å². The van der Waals surface area contributed by atoms with Gasteiger partial charge in [0.05, 0.1) is 0 Å². The van der Waals surface area contributed by atoms with Crippen LogP contribution in [0.25, 0.3) is 0 Å². The molecule has 0 fully saturated rings. The van der Waals surface area contributed by atoms with E-state index in [4.69, 9.17) is 5.11 Å². The van der Waals surface area contributed by atoms with Crippen LogP contribution in [0.5, 0.6) is 0 Å². The number of hydrogen-bond donors (Lipinski definition) is 1. The molecule has 1 N–H and O–H groups in total. The highest BCUT2D eigenvalue weighted by Crippen LogP contribution is 2.39. The Balaban J connectivity index is 0. The van der Waals surface area contributed by atoms with Crippen LogP contribution in [0, 0.1) is 0 Å². The molecule has 6 heteroatoms. The summed E-state index contributed by atoms with van der Waals surface area (Å²) in [6, 6.07) is 0. The topological polar surface area (TPSA) is 37.3 Å². The molecule has 0 aromatic heterocycles. The van der Waals surface area contributed by atoms with Crippen molar-refractivity contribution in [2.75, 3.05) is 0 Å². The Labute approximate surface area is 83.1 Å². The molecule has 2 nitrogen and oxygen atoms in total. The van der Waals surface area contributed by atoms with Gasteiger partial charge >= 0.3 is 5.97 Å². The van der Waals surface area contributed by atoms with E-state index < -0.39 is 30.4 Å². The van der Waals surface area contributed by atoms with Crippen LogP contribution in [0.15, 0.2) is 0 Å². The van der Waals surface area contributed by atoms with Crippen LogP contribution in [-0.4, -0.2) is 31.1 Å². The molecule has 0 rings (SSSR count). The first-order valence-electron chi connectivity index (χ1n) is 4.12. The van der Waals surface area contributed by atoms with Crippen LogP contribution >= 0.6 is 0 Å². The van der Waals surface area contributed by atoms with Crippen LogP contribution in [0.4, 0.5) is 13.2 Å². The normalized spacial score (nSPS) is 15.5. The molecule has 3 radical (unpaired) electrons. The van der Waals surface area contributed by atoms with E-state index in [-0.39, 0.29) is 14.8 Å². The molecule has 14 heavy (non-hydrogen) atoms. The van der Waals surface area contributed by atoms with E-state index in [1.807, 2.05) is 0 Å². The predicted octanol–water partition coefficient (Wildman–Crippen LogP) is 2.24. The van der Waals surface area contributed by atoms with Gasteiger partial charge in [-0.1, -0.05) is 20.3 Å². The Bertz CT molecular complexity index is 199. The first kappa shape index (κ1) is 15.8. The Morgan fingerprint density at radius 1 is 1.29 bits per heavy atom. The summed E-state index contributed by atoms with van der Waals surface area (Å²) in [7, 11) is 0. The van der Waals surface area contributed by atoms with E-state index in [1.54, 1.807) is 0 Å². The lowest BCUT2D eigenvalue weighted by atomic mass is 9.91. The molecule has 0 saturated carbocycles. The highest BCUT2D eigenvalue weighted by Gasteiger charge is 2.58. The maximum Gasteiger partial charge on any atom is 0.347 e. The van der Waals surface area contributed by atoms with E-state index in [9.17, 15) is 18.0 Å². The molecule has 81 valence electrons. The number of carbonyl (C=O) groups is 1. The monoisotopic (exact) mass is 209 g/mol. The maximum absolute atomic E-state index is 13.3. The van der Waals surface area contributed by atoms with E-state index in [1.165, 1.54) is 6.92 Å². The molecule has 0 aliphatic heterocycles. The summed E-state index contributed by atoms with van der Waals surface area (Å²) >= 11 is 0. The minimum Gasteiger partial charge on any atom is -0.479 e. The molecule has 0 spiro atoms. The summed E-state index contributed by atoms with van der Waals surface area (Å²) in [5.41, 5.74) is -3.43. The standard InChI is InChI=1S/C8H13F3O2.B/c1-3-5-8(10,11)7(9,4-2)6(12)13;/h3-5H2,1-2H3,(H,12,13);. The molecule has 0 aromatic carbocycles. The predicted molar refractivity (Wildman–Crippen MR) is 47.4 cm³/mol. The van der Waals surface area contributed by atoms with Gasteiger partial charge in [0.1, 0.15) is 0 Å². The maximum atomic E-state index is 13.3. The van der Waals surface area contributed by atoms with Crippen molar-refractivity contribution in [2.24, 2.45) is 0 Å². The molecular formula is C8H13BF3O2. The van der Waals surface area contributed by atoms with Crippen molar-refractivity contribution in [3.63, 3.8) is 0 Å². The van der Waals surface area contributed by atoms with Gasteiger partial charge in [-0.3, -0.25) is 0 Å². The van der Waals surface area contributed by atoms with Crippen LogP contribution in [-0.2, 0) is 4.79 Å². The first-order valence-corrected chi connectivity index (χ1v) is 4.12. The third kappa shape index (κ3) is 2.65. The zero-order valence-corrected chi connectivity index (χ0v) is 8.19. The lowest BCUT2D eigenvalue weighted by Gasteiger charge is -2.28. The highest BCUT2D eigenvalue weighted by atomic mass is 19.3. The molecule has 0 aliphatic rings. The summed E-state index contributed by atoms with van der Waals surface area (Å²) in [5, 5.41) is 8.34. The van der Waals surface area contributed by atoms with Crippen molar-refractivity contribution >= 4 is 14.4 Å². The fourth-order valence-corrected chi connectivity index (χ4v) is 1.08. The molecule has 0 saturated heterocycles. The Morgan fingerprint density at radius 2 is 1.71 bits per heavy atom. The van der Waals surface area contributed by atoms with Crippen LogP contribution in [0.2, 0.25) is 0 Å². The lowest BCUT2D eigenvalue weighted by molar-refractivity contribution is -0.187. The van der Waals surface area contributed by atoms with Crippen LogP contribution < -0.4 is 0 Å². The van der Waals surface area contributed by atoms with E-state index in [0.29, 0.717) is 0 Å². The average Bonchev–Trinajstić information content (AvgIpc) is 2.02. The number of carboxylic acids is 1. The summed E-state index contributed by atoms with van der Waals surface area (Å²) in [6.45, 7) is 2.55. The number of carboxylic acid groups (broad SMARTS) is 1. The molecule has 0 amide bonds. The van der Waals surface area contributed by atoms with E-state index in [0.717, 1.165) is 6.92 Å². The summed E-state index contributed by atoms with van der Waals surface area (Å²) in [6.07, 6.45) is -1.43. The van der Waals surface area contributed by atoms with Crippen molar-refractivity contribution in [3.05, 3.63) is 0 Å². The SMILES string of the molecule is CCCC(F)(F)C(F)(CC)C(=O)O.[B]. The first-order chi connectivity index (χ1) is 5.81. The molecule has 0 heterocycles. The number of aliphatic carboxylic acids is 1. The van der Waals surface area contributed by atoms with Gasteiger partial charge in [0.25, 0.3) is 11.6 Å². The van der Waals surface area contributed by atoms with E-state index >= 15 is 0 Å². The van der Waals surface area contributed by atoms with Gasteiger partial charge in [-0.05, 0) is 6.42 Å². The Hall–Kier alpha value is -0.675. The summed E-state index contributed by atoms with van der Waals surface area (Å²) in [4.78, 5) is 10.3. The Morgan fingerprint density at radius 3 is 1.93 bits per heavy atom. The largest absolute Gasteiger partial charge is 0.479 e. The second-order valence-corrected chi connectivity index (χ2v) is 2.91. The summed E-state index contributed by atoms with van der Waals surface area (Å²) < 4.78 is 39.2. The third-order valence-corrected chi connectivity index (χ3v) is 1.97. The van der Waals surface area contributed by atoms with Gasteiger partial charge in [-0.2, -0.15) is 0 Å². The zero-order valence-electron chi connectivity index (χ0n) is 8.19. The molecule has 1 unspecified atom stereocenters. The molecule has 0 aliphatic carbocycles. The average molecular weight is 209 g/mol. The van der Waals surface area contributed by atoms with Crippen LogP contribution in [0.3, 0.4) is 0 Å². The number of hydrogen-bond acceptors (Lipinski definition) is 1. The van der Waals surface area contributed by atoms with Gasteiger partial charge in [0.2, 0.25) is 0 Å². The zero-order chi connectivity index (χ0) is 10.7. The van der Waals surface area contributed by atoms with Crippen molar-refractivity contribution in [1.29, 1.82) is 0 Å². The van der Waals surface area contributed by atoms with Crippen molar-refractivity contribution in [3.8, 4) is 0 Å². The van der Waals surface area contributed by atoms with Crippen molar-refractivity contribution in [2.45, 2.75) is 44.7 Å². The van der Waals surface area contributed by atoms with Gasteiger partial charge in [0.15, 0.2) is 0 Å². The smallest absolute Gasteiger partial charge is 0.347 e. The summed E-state index contributed by atoms with van der Waals surface area (Å²) in [5.74, 6) is -5.88. The second kappa shape index (κ2) is 5.27. The lowest BCUT2D eigenvalue weighted by Crippen LogP contribution is -2.50. The van der Waals surface area contributed by atoms with Crippen molar-refractivity contribution in [1.82, 2.24) is 0 Å². The third-order valence-electron chi connectivity index (χ3n) is 1.97. The molecule has 1 atom stereocenters. The molecule has 0 aromatic rings. The quantitative estimate of drug-likeness (QED) is 0.705. The fraction of sp³-hybridized carbons (Fsp3) is 0.875. The van der Waals surface area contributed by atoms with Crippen LogP contribution in [0.1, 0.15) is 33.1 Å². The van der Waals surface area contributed by atoms with E-state index in [2.05, 4.69) is 0 Å². The van der Waals surface area contributed by atoms with Crippen molar-refractivity contribution < 1.29 is 23.1 Å². The fourth-order valence-electron chi connectivity index (χ4n) is 1.08. The minimum absolute atomic E-state index is 0. The number of alkyl halides is 3. The minimum atomic E-state index is -3.79. The molecule has 0 bridgehead atoms. The van der Waals surface area contributed by atoms with Gasteiger partial charge in [-0.25, -0.2) is 18.0 Å². The second-order valence-electron chi connectivity index (χ2n) is 2.91. The van der Waals surface area contributed by atoms with Gasteiger partial charge in [-0.15, -0.1) is 0 Å². The number of rotatable bonds is 5. The molecular weight excluding hydrogens is 196 g/mol. The highest BCUT2D eigenvalue weighted by molar-refractivity contribution is 5.78. The van der Waals surface area contributed by atoms with Gasteiger partial charge in [0, 0.05) is 14.8 Å². The Kier molecular flexibility index (Phi) is 5.94. The number of halogens is 3.